The molecule has 1 fully saturated rings. The van der Waals surface area contributed by atoms with Gasteiger partial charge in [0.05, 0.1) is 5.52 Å². The third kappa shape index (κ3) is 5.55. The Hall–Kier alpha value is -1.88. The molecule has 5 heteroatoms. The number of anilines is 2. The summed E-state index contributed by atoms with van der Waals surface area (Å²) in [6.45, 7) is 3.44. The van der Waals surface area contributed by atoms with Gasteiger partial charge >= 0.3 is 0 Å². The quantitative estimate of drug-likeness (QED) is 0.633. The van der Waals surface area contributed by atoms with Crippen LogP contribution in [0.15, 0.2) is 24.3 Å². The summed E-state index contributed by atoms with van der Waals surface area (Å²) in [5.41, 5.74) is 1.00. The van der Waals surface area contributed by atoms with E-state index in [1.54, 1.807) is 0 Å². The second kappa shape index (κ2) is 9.88. The smallest absolute Gasteiger partial charge is 0.225 e. The van der Waals surface area contributed by atoms with Gasteiger partial charge in [-0.2, -0.15) is 4.98 Å². The SMILES string of the molecule is CCCCCCNC1CCC(Nc2nc(N(C)C)c3ccccc3n2)CC1. The van der Waals surface area contributed by atoms with E-state index in [1.807, 2.05) is 26.2 Å². The Balaban J connectivity index is 1.53. The van der Waals surface area contributed by atoms with Crippen molar-refractivity contribution in [3.63, 3.8) is 0 Å². The van der Waals surface area contributed by atoms with E-state index in [0.29, 0.717) is 12.1 Å². The van der Waals surface area contributed by atoms with Crippen LogP contribution in [0.4, 0.5) is 11.8 Å². The molecule has 1 aliphatic rings. The molecule has 0 atom stereocenters. The Kier molecular flexibility index (Phi) is 7.27. The van der Waals surface area contributed by atoms with Crippen LogP contribution in [0.1, 0.15) is 58.3 Å². The molecule has 1 heterocycles. The summed E-state index contributed by atoms with van der Waals surface area (Å²) < 4.78 is 0. The summed E-state index contributed by atoms with van der Waals surface area (Å²) >= 11 is 0. The topological polar surface area (TPSA) is 53.1 Å². The molecule has 0 radical (unpaired) electrons. The highest BCUT2D eigenvalue weighted by atomic mass is 15.2. The molecule has 0 bridgehead atoms. The number of rotatable bonds is 9. The van der Waals surface area contributed by atoms with Gasteiger partial charge in [-0.3, -0.25) is 0 Å². The molecular formula is C22H35N5. The van der Waals surface area contributed by atoms with Crippen LogP contribution in [0.5, 0.6) is 0 Å². The maximum absolute atomic E-state index is 4.78. The van der Waals surface area contributed by atoms with Crippen molar-refractivity contribution in [3.8, 4) is 0 Å². The predicted octanol–water partition coefficient (Wildman–Crippen LogP) is 4.59. The Labute approximate surface area is 164 Å². The first-order chi connectivity index (χ1) is 13.2. The lowest BCUT2D eigenvalue weighted by Crippen LogP contribution is -2.37. The monoisotopic (exact) mass is 369 g/mol. The summed E-state index contributed by atoms with van der Waals surface area (Å²) in [7, 11) is 4.08. The van der Waals surface area contributed by atoms with Gasteiger partial charge in [-0.25, -0.2) is 4.98 Å². The van der Waals surface area contributed by atoms with E-state index in [-0.39, 0.29) is 0 Å². The molecule has 0 unspecified atom stereocenters. The maximum atomic E-state index is 4.78. The second-order valence-corrected chi connectivity index (χ2v) is 7.99. The fourth-order valence-corrected chi connectivity index (χ4v) is 3.95. The molecule has 27 heavy (non-hydrogen) atoms. The average Bonchev–Trinajstić information content (AvgIpc) is 2.68. The second-order valence-electron chi connectivity index (χ2n) is 7.99. The number of nitrogens with one attached hydrogen (secondary N) is 2. The zero-order chi connectivity index (χ0) is 19.1. The van der Waals surface area contributed by atoms with Gasteiger partial charge in [-0.05, 0) is 50.8 Å². The van der Waals surface area contributed by atoms with Crippen molar-refractivity contribution in [2.45, 2.75) is 70.4 Å². The average molecular weight is 370 g/mol. The van der Waals surface area contributed by atoms with Gasteiger partial charge in [0, 0.05) is 31.6 Å². The molecule has 0 saturated heterocycles. The Bertz CT molecular complexity index is 707. The van der Waals surface area contributed by atoms with Crippen LogP contribution in [0, 0.1) is 0 Å². The first-order valence-electron chi connectivity index (χ1n) is 10.6. The van der Waals surface area contributed by atoms with E-state index in [1.165, 1.54) is 57.9 Å². The summed E-state index contributed by atoms with van der Waals surface area (Å²) in [4.78, 5) is 11.6. The molecule has 1 aromatic heterocycles. The predicted molar refractivity (Wildman–Crippen MR) is 116 cm³/mol. The molecule has 3 rings (SSSR count). The van der Waals surface area contributed by atoms with Crippen LogP contribution in [-0.4, -0.2) is 42.7 Å². The van der Waals surface area contributed by atoms with Crippen molar-refractivity contribution >= 4 is 22.7 Å². The number of benzene rings is 1. The van der Waals surface area contributed by atoms with Crippen LogP contribution in [0.2, 0.25) is 0 Å². The van der Waals surface area contributed by atoms with Crippen molar-refractivity contribution in [1.29, 1.82) is 0 Å². The summed E-state index contributed by atoms with van der Waals surface area (Å²) in [6, 6.07) is 9.39. The van der Waals surface area contributed by atoms with E-state index in [2.05, 4.69) is 34.6 Å². The highest BCUT2D eigenvalue weighted by Gasteiger charge is 2.21. The Morgan fingerprint density at radius 2 is 1.70 bits per heavy atom. The van der Waals surface area contributed by atoms with Crippen LogP contribution >= 0.6 is 0 Å². The van der Waals surface area contributed by atoms with Gasteiger partial charge in [0.25, 0.3) is 0 Å². The first kappa shape index (κ1) is 19.9. The number of fused-ring (bicyclic) bond motifs is 1. The highest BCUT2D eigenvalue weighted by Crippen LogP contribution is 2.26. The summed E-state index contributed by atoms with van der Waals surface area (Å²) in [5.74, 6) is 1.74. The van der Waals surface area contributed by atoms with E-state index >= 15 is 0 Å². The molecule has 1 saturated carbocycles. The fourth-order valence-electron chi connectivity index (χ4n) is 3.95. The molecule has 0 spiro atoms. The van der Waals surface area contributed by atoms with Crippen molar-refractivity contribution in [2.75, 3.05) is 30.9 Å². The molecule has 2 N–H and O–H groups in total. The zero-order valence-corrected chi connectivity index (χ0v) is 17.2. The van der Waals surface area contributed by atoms with Gasteiger partial charge in [-0.15, -0.1) is 0 Å². The van der Waals surface area contributed by atoms with Gasteiger partial charge in [-0.1, -0.05) is 38.3 Å². The lowest BCUT2D eigenvalue weighted by molar-refractivity contribution is 0.351. The van der Waals surface area contributed by atoms with Crippen LogP contribution in [0.3, 0.4) is 0 Å². The zero-order valence-electron chi connectivity index (χ0n) is 17.2. The minimum Gasteiger partial charge on any atom is -0.362 e. The van der Waals surface area contributed by atoms with Crippen LogP contribution < -0.4 is 15.5 Å². The van der Waals surface area contributed by atoms with Gasteiger partial charge in [0.2, 0.25) is 5.95 Å². The molecule has 0 aliphatic heterocycles. The maximum Gasteiger partial charge on any atom is 0.225 e. The van der Waals surface area contributed by atoms with Crippen molar-refractivity contribution in [1.82, 2.24) is 15.3 Å². The van der Waals surface area contributed by atoms with Gasteiger partial charge in [0.15, 0.2) is 0 Å². The minimum absolute atomic E-state index is 0.472. The third-order valence-electron chi connectivity index (χ3n) is 5.53. The van der Waals surface area contributed by atoms with Crippen molar-refractivity contribution < 1.29 is 0 Å². The Morgan fingerprint density at radius 1 is 0.963 bits per heavy atom. The largest absolute Gasteiger partial charge is 0.362 e. The number of unbranched alkanes of at least 4 members (excludes halogenated alkanes) is 3. The van der Waals surface area contributed by atoms with Gasteiger partial charge in [0.1, 0.15) is 5.82 Å². The summed E-state index contributed by atoms with van der Waals surface area (Å²) in [6.07, 6.45) is 10.2. The van der Waals surface area contributed by atoms with E-state index in [4.69, 9.17) is 9.97 Å². The molecular weight excluding hydrogens is 334 g/mol. The lowest BCUT2D eigenvalue weighted by atomic mass is 9.91. The van der Waals surface area contributed by atoms with Crippen molar-refractivity contribution in [2.24, 2.45) is 0 Å². The number of aromatic nitrogens is 2. The fraction of sp³-hybridized carbons (Fsp3) is 0.636. The first-order valence-corrected chi connectivity index (χ1v) is 10.6. The van der Waals surface area contributed by atoms with E-state index in [9.17, 15) is 0 Å². The standard InChI is InChI=1S/C22H35N5/c1-4-5-6-9-16-23-17-12-14-18(15-13-17)24-22-25-20-11-8-7-10-19(20)21(26-22)27(2)3/h7-8,10-11,17-18,23H,4-6,9,12-16H2,1-3H3,(H,24,25,26). The summed E-state index contributed by atoms with van der Waals surface area (Å²) in [5, 5.41) is 8.44. The number of hydrogen-bond donors (Lipinski definition) is 2. The number of hydrogen-bond acceptors (Lipinski definition) is 5. The molecule has 5 nitrogen and oxygen atoms in total. The van der Waals surface area contributed by atoms with E-state index in [0.717, 1.165) is 22.7 Å². The van der Waals surface area contributed by atoms with Crippen molar-refractivity contribution in [3.05, 3.63) is 24.3 Å². The lowest BCUT2D eigenvalue weighted by Gasteiger charge is -2.30. The Morgan fingerprint density at radius 3 is 2.44 bits per heavy atom. The van der Waals surface area contributed by atoms with Gasteiger partial charge < -0.3 is 15.5 Å². The molecule has 148 valence electrons. The normalized spacial score (nSPS) is 20.0. The number of nitrogens with zero attached hydrogens (tertiary/aromatic N) is 3. The number of para-hydroxylation sites is 1. The van der Waals surface area contributed by atoms with E-state index < -0.39 is 0 Å². The van der Waals surface area contributed by atoms with Crippen LogP contribution in [0.25, 0.3) is 10.9 Å². The van der Waals surface area contributed by atoms with Crippen LogP contribution in [-0.2, 0) is 0 Å². The molecule has 1 aliphatic carbocycles. The molecule has 0 amide bonds. The molecule has 1 aromatic carbocycles. The highest BCUT2D eigenvalue weighted by molar-refractivity contribution is 5.90. The molecule has 2 aromatic rings. The third-order valence-corrected chi connectivity index (χ3v) is 5.53. The minimum atomic E-state index is 0.472.